The second kappa shape index (κ2) is 7.24. The van der Waals surface area contributed by atoms with Crippen LogP contribution in [-0.4, -0.2) is 18.3 Å². The molecule has 0 bridgehead atoms. The summed E-state index contributed by atoms with van der Waals surface area (Å²) < 4.78 is 6.58. The summed E-state index contributed by atoms with van der Waals surface area (Å²) in [5.41, 5.74) is 1.34. The molecular weight excluding hydrogens is 356 g/mol. The van der Waals surface area contributed by atoms with Crippen LogP contribution in [0.15, 0.2) is 69.8 Å². The molecule has 4 nitrogen and oxygen atoms in total. The molecule has 0 radical (unpaired) electrons. The third-order valence-corrected chi connectivity index (χ3v) is 3.74. The van der Waals surface area contributed by atoms with Crippen molar-refractivity contribution in [3.8, 4) is 5.75 Å². The summed E-state index contributed by atoms with van der Waals surface area (Å²) in [7, 11) is 0. The van der Waals surface area contributed by atoms with Gasteiger partial charge in [0, 0.05) is 10.9 Å². The zero-order valence-corrected chi connectivity index (χ0v) is 13.9. The van der Waals surface area contributed by atoms with E-state index in [0.29, 0.717) is 24.6 Å². The largest absolute Gasteiger partial charge is 0.493 e. The Morgan fingerprint density at radius 2 is 1.96 bits per heavy atom. The molecule has 3 rings (SSSR count). The average molecular weight is 371 g/mol. The van der Waals surface area contributed by atoms with Crippen LogP contribution in [0.1, 0.15) is 12.0 Å². The van der Waals surface area contributed by atoms with Crippen molar-refractivity contribution in [3.63, 3.8) is 0 Å². The van der Waals surface area contributed by atoms with E-state index in [9.17, 15) is 4.79 Å². The zero-order valence-electron chi connectivity index (χ0n) is 12.3. The summed E-state index contributed by atoms with van der Waals surface area (Å²) in [6, 6.07) is 17.3. The van der Waals surface area contributed by atoms with E-state index in [4.69, 9.17) is 4.74 Å². The van der Waals surface area contributed by atoms with Gasteiger partial charge in [-0.3, -0.25) is 4.79 Å². The Hall–Kier alpha value is -2.40. The Bertz CT molecular complexity index is 770. The molecule has 0 unspecified atom stereocenters. The van der Waals surface area contributed by atoms with E-state index in [1.165, 1.54) is 0 Å². The molecular formula is C18H15BrN2O2. The highest BCUT2D eigenvalue weighted by atomic mass is 79.9. The van der Waals surface area contributed by atoms with Gasteiger partial charge in [-0.05, 0) is 35.9 Å². The average Bonchev–Trinajstić information content (AvgIpc) is 2.88. The number of carbonyl (C=O) groups is 1. The van der Waals surface area contributed by atoms with Gasteiger partial charge in [0.2, 0.25) is 0 Å². The van der Waals surface area contributed by atoms with Crippen LogP contribution < -0.4 is 10.1 Å². The number of hydrogen-bond donors (Lipinski definition) is 1. The SMILES string of the molecule is O=C1NC(CCOc2ccccc2)=N/C1=C/c1cccc(Br)c1. The van der Waals surface area contributed by atoms with Gasteiger partial charge in [-0.2, -0.15) is 0 Å². The highest BCUT2D eigenvalue weighted by Crippen LogP contribution is 2.17. The molecule has 0 fully saturated rings. The highest BCUT2D eigenvalue weighted by Gasteiger charge is 2.19. The van der Waals surface area contributed by atoms with Crippen LogP contribution in [0.2, 0.25) is 0 Å². The van der Waals surface area contributed by atoms with Crippen molar-refractivity contribution >= 4 is 33.7 Å². The molecule has 1 aliphatic heterocycles. The Kier molecular flexibility index (Phi) is 4.88. The maximum Gasteiger partial charge on any atom is 0.275 e. The minimum absolute atomic E-state index is 0.181. The van der Waals surface area contributed by atoms with Gasteiger partial charge in [-0.1, -0.05) is 46.3 Å². The lowest BCUT2D eigenvalue weighted by atomic mass is 10.2. The van der Waals surface area contributed by atoms with Crippen LogP contribution in [0, 0.1) is 0 Å². The molecule has 5 heteroatoms. The molecule has 1 amide bonds. The molecule has 0 saturated heterocycles. The molecule has 1 aliphatic rings. The minimum Gasteiger partial charge on any atom is -0.493 e. The van der Waals surface area contributed by atoms with Crippen LogP contribution in [-0.2, 0) is 4.79 Å². The van der Waals surface area contributed by atoms with E-state index in [2.05, 4.69) is 26.2 Å². The molecule has 2 aromatic rings. The summed E-state index contributed by atoms with van der Waals surface area (Å²) >= 11 is 3.41. The van der Waals surface area contributed by atoms with E-state index in [1.54, 1.807) is 6.08 Å². The number of rotatable bonds is 5. The van der Waals surface area contributed by atoms with Gasteiger partial charge in [-0.15, -0.1) is 0 Å². The van der Waals surface area contributed by atoms with Crippen molar-refractivity contribution in [2.45, 2.75) is 6.42 Å². The minimum atomic E-state index is -0.181. The molecule has 0 aromatic heterocycles. The number of carbonyl (C=O) groups excluding carboxylic acids is 1. The summed E-state index contributed by atoms with van der Waals surface area (Å²) in [4.78, 5) is 16.3. The lowest BCUT2D eigenvalue weighted by Gasteiger charge is -2.05. The number of amides is 1. The second-order valence-corrected chi connectivity index (χ2v) is 5.92. The first-order chi connectivity index (χ1) is 11.2. The molecule has 23 heavy (non-hydrogen) atoms. The van der Waals surface area contributed by atoms with Gasteiger partial charge in [0.05, 0.1) is 6.61 Å². The van der Waals surface area contributed by atoms with Gasteiger partial charge in [0.1, 0.15) is 17.3 Å². The molecule has 116 valence electrons. The third kappa shape index (κ3) is 4.29. The van der Waals surface area contributed by atoms with Crippen LogP contribution in [0.4, 0.5) is 0 Å². The summed E-state index contributed by atoms with van der Waals surface area (Å²) in [6.07, 6.45) is 2.32. The van der Waals surface area contributed by atoms with E-state index in [0.717, 1.165) is 15.8 Å². The van der Waals surface area contributed by atoms with Crippen LogP contribution >= 0.6 is 15.9 Å². The van der Waals surface area contributed by atoms with Crippen molar-refractivity contribution in [1.29, 1.82) is 0 Å². The van der Waals surface area contributed by atoms with Crippen molar-refractivity contribution in [1.82, 2.24) is 5.32 Å². The van der Waals surface area contributed by atoms with Crippen molar-refractivity contribution in [2.24, 2.45) is 4.99 Å². The zero-order chi connectivity index (χ0) is 16.1. The number of amidine groups is 1. The summed E-state index contributed by atoms with van der Waals surface area (Å²) in [5.74, 6) is 1.26. The lowest BCUT2D eigenvalue weighted by molar-refractivity contribution is -0.115. The van der Waals surface area contributed by atoms with Crippen LogP contribution in [0.5, 0.6) is 5.75 Å². The molecule has 0 spiro atoms. The Morgan fingerprint density at radius 1 is 1.13 bits per heavy atom. The van der Waals surface area contributed by atoms with Gasteiger partial charge < -0.3 is 10.1 Å². The van der Waals surface area contributed by atoms with Crippen LogP contribution in [0.25, 0.3) is 6.08 Å². The van der Waals surface area contributed by atoms with Crippen LogP contribution in [0.3, 0.4) is 0 Å². The third-order valence-electron chi connectivity index (χ3n) is 3.25. The van der Waals surface area contributed by atoms with Gasteiger partial charge >= 0.3 is 0 Å². The first kappa shape index (κ1) is 15.5. The fourth-order valence-electron chi connectivity index (χ4n) is 2.17. The highest BCUT2D eigenvalue weighted by molar-refractivity contribution is 9.10. The monoisotopic (exact) mass is 370 g/mol. The van der Waals surface area contributed by atoms with Crippen molar-refractivity contribution in [2.75, 3.05) is 6.61 Å². The molecule has 0 aliphatic carbocycles. The fourth-order valence-corrected chi connectivity index (χ4v) is 2.59. The molecule has 1 N–H and O–H groups in total. The van der Waals surface area contributed by atoms with Gasteiger partial charge in [0.15, 0.2) is 0 Å². The predicted octanol–water partition coefficient (Wildman–Crippen LogP) is 3.79. The van der Waals surface area contributed by atoms with E-state index < -0.39 is 0 Å². The lowest BCUT2D eigenvalue weighted by Crippen LogP contribution is -2.25. The molecule has 0 atom stereocenters. The normalized spacial score (nSPS) is 15.4. The molecule has 0 saturated carbocycles. The standard InChI is InChI=1S/C18H15BrN2O2/c19-14-6-4-5-13(11-14)12-16-18(22)21-17(20-16)9-10-23-15-7-2-1-3-8-15/h1-8,11-12H,9-10H2,(H,20,21,22)/b16-12+. The van der Waals surface area contributed by atoms with Crippen molar-refractivity contribution < 1.29 is 9.53 Å². The Labute approximate surface area is 143 Å². The molecule has 1 heterocycles. The Balaban J connectivity index is 1.62. The number of aliphatic imine (C=N–C) groups is 1. The fraction of sp³-hybridized carbons (Fsp3) is 0.111. The quantitative estimate of drug-likeness (QED) is 0.814. The maximum absolute atomic E-state index is 12.0. The first-order valence-corrected chi connectivity index (χ1v) is 8.04. The maximum atomic E-state index is 12.0. The van der Waals surface area contributed by atoms with E-state index in [1.807, 2.05) is 54.6 Å². The Morgan fingerprint density at radius 3 is 2.74 bits per heavy atom. The molecule has 2 aromatic carbocycles. The number of para-hydroxylation sites is 1. The summed E-state index contributed by atoms with van der Waals surface area (Å²) in [6.45, 7) is 0.466. The predicted molar refractivity (Wildman–Crippen MR) is 94.3 cm³/mol. The second-order valence-electron chi connectivity index (χ2n) is 5.01. The number of nitrogens with zero attached hydrogens (tertiary/aromatic N) is 1. The van der Waals surface area contributed by atoms with E-state index in [-0.39, 0.29) is 5.91 Å². The number of halogens is 1. The summed E-state index contributed by atoms with van der Waals surface area (Å²) in [5, 5.41) is 2.78. The number of ether oxygens (including phenoxy) is 1. The van der Waals surface area contributed by atoms with Gasteiger partial charge in [0.25, 0.3) is 5.91 Å². The van der Waals surface area contributed by atoms with E-state index >= 15 is 0 Å². The van der Waals surface area contributed by atoms with Gasteiger partial charge in [-0.25, -0.2) is 4.99 Å². The topological polar surface area (TPSA) is 50.7 Å². The number of nitrogens with one attached hydrogen (secondary N) is 1. The first-order valence-electron chi connectivity index (χ1n) is 7.25. The van der Waals surface area contributed by atoms with Crippen molar-refractivity contribution in [3.05, 3.63) is 70.3 Å². The number of benzene rings is 2. The smallest absolute Gasteiger partial charge is 0.275 e. The number of hydrogen-bond acceptors (Lipinski definition) is 3.